The van der Waals surface area contributed by atoms with Crippen molar-refractivity contribution in [3.8, 4) is 11.1 Å². The van der Waals surface area contributed by atoms with Crippen molar-refractivity contribution in [1.29, 1.82) is 0 Å². The first-order valence-corrected chi connectivity index (χ1v) is 7.87. The van der Waals surface area contributed by atoms with Crippen molar-refractivity contribution in [3.63, 3.8) is 0 Å². The van der Waals surface area contributed by atoms with Crippen LogP contribution in [0.15, 0.2) is 36.4 Å². The van der Waals surface area contributed by atoms with Crippen molar-refractivity contribution in [2.75, 3.05) is 0 Å². The summed E-state index contributed by atoms with van der Waals surface area (Å²) < 4.78 is 0. The molecule has 0 spiro atoms. The summed E-state index contributed by atoms with van der Waals surface area (Å²) in [6, 6.07) is 12.3. The Bertz CT molecular complexity index is 699. The molecule has 0 unspecified atom stereocenters. The predicted molar refractivity (Wildman–Crippen MR) is 93.3 cm³/mol. The zero-order valence-corrected chi connectivity index (χ0v) is 14.1. The van der Waals surface area contributed by atoms with Gasteiger partial charge in [-0.15, -0.1) is 0 Å². The number of benzene rings is 2. The molecule has 1 amide bonds. The van der Waals surface area contributed by atoms with Crippen molar-refractivity contribution in [2.45, 2.75) is 46.5 Å². The Labute approximate surface area is 133 Å². The van der Waals surface area contributed by atoms with Gasteiger partial charge in [0.15, 0.2) is 0 Å². The van der Waals surface area contributed by atoms with Crippen LogP contribution in [0, 0.1) is 6.92 Å². The second-order valence-corrected chi connectivity index (χ2v) is 6.48. The maximum absolute atomic E-state index is 11.8. The van der Waals surface area contributed by atoms with E-state index in [1.54, 1.807) is 0 Å². The van der Waals surface area contributed by atoms with E-state index in [4.69, 9.17) is 5.73 Å². The quantitative estimate of drug-likeness (QED) is 0.846. The fourth-order valence-corrected chi connectivity index (χ4v) is 3.21. The highest BCUT2D eigenvalue weighted by Gasteiger charge is 2.22. The van der Waals surface area contributed by atoms with E-state index in [-0.39, 0.29) is 11.8 Å². The molecular weight excluding hydrogens is 270 g/mol. The number of carbonyl (C=O) groups excluding carboxylic acids is 1. The molecule has 0 aromatic heterocycles. The summed E-state index contributed by atoms with van der Waals surface area (Å²) in [5.74, 6) is 0.233. The van der Waals surface area contributed by atoms with Crippen molar-refractivity contribution in [3.05, 3.63) is 58.7 Å². The number of nitrogens with two attached hydrogens (primary N) is 1. The van der Waals surface area contributed by atoms with Crippen LogP contribution >= 0.6 is 0 Å². The zero-order valence-electron chi connectivity index (χ0n) is 14.1. The van der Waals surface area contributed by atoms with E-state index in [0.29, 0.717) is 11.5 Å². The molecule has 116 valence electrons. The molecule has 2 heteroatoms. The third-order valence-corrected chi connectivity index (χ3v) is 4.14. The minimum absolute atomic E-state index is 0.254. The largest absolute Gasteiger partial charge is 0.366 e. The highest BCUT2D eigenvalue weighted by Crippen LogP contribution is 2.38. The van der Waals surface area contributed by atoms with Gasteiger partial charge in [-0.3, -0.25) is 4.79 Å². The SMILES string of the molecule is Cc1ccccc1-c1ccc(C(N)=O)c(C(C)C)c1C(C)C. The van der Waals surface area contributed by atoms with Crippen LogP contribution in [0.4, 0.5) is 0 Å². The first-order chi connectivity index (χ1) is 10.3. The van der Waals surface area contributed by atoms with Gasteiger partial charge >= 0.3 is 0 Å². The Balaban J connectivity index is 2.85. The van der Waals surface area contributed by atoms with Crippen LogP contribution in [0.25, 0.3) is 11.1 Å². The van der Waals surface area contributed by atoms with Gasteiger partial charge in [-0.2, -0.15) is 0 Å². The topological polar surface area (TPSA) is 43.1 Å². The van der Waals surface area contributed by atoms with E-state index >= 15 is 0 Å². The Morgan fingerprint density at radius 2 is 1.45 bits per heavy atom. The molecule has 2 rings (SSSR count). The van der Waals surface area contributed by atoms with Gasteiger partial charge in [0, 0.05) is 5.56 Å². The maximum Gasteiger partial charge on any atom is 0.248 e. The molecule has 0 aliphatic carbocycles. The molecule has 0 bridgehead atoms. The summed E-state index contributed by atoms with van der Waals surface area (Å²) >= 11 is 0. The van der Waals surface area contributed by atoms with E-state index in [1.807, 2.05) is 12.1 Å². The summed E-state index contributed by atoms with van der Waals surface area (Å²) in [7, 11) is 0. The molecule has 2 aromatic carbocycles. The number of aryl methyl sites for hydroxylation is 1. The van der Waals surface area contributed by atoms with Gasteiger partial charge in [0.2, 0.25) is 5.91 Å². The summed E-state index contributed by atoms with van der Waals surface area (Å²) in [5, 5.41) is 0. The number of primary amides is 1. The molecule has 0 atom stereocenters. The van der Waals surface area contributed by atoms with E-state index in [9.17, 15) is 4.79 Å². The number of carbonyl (C=O) groups is 1. The van der Waals surface area contributed by atoms with Gasteiger partial charge in [-0.1, -0.05) is 58.0 Å². The van der Waals surface area contributed by atoms with Gasteiger partial charge in [0.25, 0.3) is 0 Å². The Hall–Kier alpha value is -2.09. The normalized spacial score (nSPS) is 11.2. The van der Waals surface area contributed by atoms with Crippen molar-refractivity contribution in [1.82, 2.24) is 0 Å². The molecule has 22 heavy (non-hydrogen) atoms. The van der Waals surface area contributed by atoms with Crippen LogP contribution < -0.4 is 5.73 Å². The molecule has 0 radical (unpaired) electrons. The number of rotatable bonds is 4. The lowest BCUT2D eigenvalue weighted by Crippen LogP contribution is -2.17. The van der Waals surface area contributed by atoms with Crippen LogP contribution in [0.5, 0.6) is 0 Å². The predicted octanol–water partition coefficient (Wildman–Crippen LogP) is 5.01. The third kappa shape index (κ3) is 2.92. The Morgan fingerprint density at radius 3 is 1.95 bits per heavy atom. The molecule has 0 fully saturated rings. The van der Waals surface area contributed by atoms with Crippen molar-refractivity contribution in [2.24, 2.45) is 5.73 Å². The molecule has 2 N–H and O–H groups in total. The van der Waals surface area contributed by atoms with Crippen LogP contribution in [0.1, 0.15) is 66.6 Å². The number of hydrogen-bond acceptors (Lipinski definition) is 1. The monoisotopic (exact) mass is 295 g/mol. The van der Waals surface area contributed by atoms with Gasteiger partial charge in [-0.05, 0) is 52.6 Å². The molecule has 0 heterocycles. The summed E-state index contributed by atoms with van der Waals surface area (Å²) in [6.07, 6.45) is 0. The van der Waals surface area contributed by atoms with Crippen LogP contribution in [-0.2, 0) is 0 Å². The smallest absolute Gasteiger partial charge is 0.248 e. The summed E-state index contributed by atoms with van der Waals surface area (Å²) in [4.78, 5) is 11.8. The van der Waals surface area contributed by atoms with Crippen LogP contribution in [-0.4, -0.2) is 5.91 Å². The van der Waals surface area contributed by atoms with Crippen molar-refractivity contribution < 1.29 is 4.79 Å². The molecule has 0 aliphatic heterocycles. The number of hydrogen-bond donors (Lipinski definition) is 1. The minimum atomic E-state index is -0.345. The van der Waals surface area contributed by atoms with Gasteiger partial charge in [0.1, 0.15) is 0 Å². The van der Waals surface area contributed by atoms with Gasteiger partial charge in [0.05, 0.1) is 0 Å². The molecule has 0 saturated carbocycles. The molecular formula is C20H25NO. The second kappa shape index (κ2) is 6.35. The second-order valence-electron chi connectivity index (χ2n) is 6.48. The summed E-state index contributed by atoms with van der Waals surface area (Å²) in [5.41, 5.74) is 12.3. The van der Waals surface area contributed by atoms with E-state index in [1.165, 1.54) is 22.3 Å². The van der Waals surface area contributed by atoms with E-state index in [0.717, 1.165) is 5.56 Å². The molecule has 0 saturated heterocycles. The highest BCUT2D eigenvalue weighted by atomic mass is 16.1. The molecule has 2 nitrogen and oxygen atoms in total. The Kier molecular flexibility index (Phi) is 4.70. The lowest BCUT2D eigenvalue weighted by atomic mass is 9.81. The molecule has 0 aliphatic rings. The van der Waals surface area contributed by atoms with E-state index in [2.05, 4.69) is 58.9 Å². The fraction of sp³-hybridized carbons (Fsp3) is 0.350. The maximum atomic E-state index is 11.8. The van der Waals surface area contributed by atoms with Crippen molar-refractivity contribution >= 4 is 5.91 Å². The van der Waals surface area contributed by atoms with Crippen LogP contribution in [0.2, 0.25) is 0 Å². The third-order valence-electron chi connectivity index (χ3n) is 4.14. The number of amides is 1. The standard InChI is InChI=1S/C20H25NO/c1-12(2)18-16(15-9-7-6-8-14(15)5)10-11-17(20(21)22)19(18)13(3)4/h6-13H,1-5H3,(H2,21,22). The first kappa shape index (κ1) is 16.3. The lowest BCUT2D eigenvalue weighted by Gasteiger charge is -2.23. The molecule has 2 aromatic rings. The lowest BCUT2D eigenvalue weighted by molar-refractivity contribution is 0.0999. The first-order valence-electron chi connectivity index (χ1n) is 7.87. The van der Waals surface area contributed by atoms with Crippen LogP contribution in [0.3, 0.4) is 0 Å². The fourth-order valence-electron chi connectivity index (χ4n) is 3.21. The van der Waals surface area contributed by atoms with Gasteiger partial charge in [-0.25, -0.2) is 0 Å². The van der Waals surface area contributed by atoms with E-state index < -0.39 is 0 Å². The zero-order chi connectivity index (χ0) is 16.4. The highest BCUT2D eigenvalue weighted by molar-refractivity contribution is 5.96. The average molecular weight is 295 g/mol. The average Bonchev–Trinajstić information content (AvgIpc) is 2.45. The Morgan fingerprint density at radius 1 is 0.864 bits per heavy atom. The van der Waals surface area contributed by atoms with Gasteiger partial charge < -0.3 is 5.73 Å². The minimum Gasteiger partial charge on any atom is -0.366 e. The summed E-state index contributed by atoms with van der Waals surface area (Å²) in [6.45, 7) is 10.7.